The van der Waals surface area contributed by atoms with Crippen LogP contribution in [-0.4, -0.2) is 27.7 Å². The number of hydrogen-bond acceptors (Lipinski definition) is 4. The second-order valence-electron chi connectivity index (χ2n) is 4.70. The lowest BCUT2D eigenvalue weighted by Gasteiger charge is -2.13. The van der Waals surface area contributed by atoms with Gasteiger partial charge >= 0.3 is 5.97 Å². The summed E-state index contributed by atoms with van der Waals surface area (Å²) in [6.07, 6.45) is 0. The van der Waals surface area contributed by atoms with Gasteiger partial charge in [0.1, 0.15) is 11.6 Å². The molecule has 1 heterocycles. The minimum absolute atomic E-state index is 0.150. The van der Waals surface area contributed by atoms with E-state index in [-0.39, 0.29) is 17.7 Å². The summed E-state index contributed by atoms with van der Waals surface area (Å²) >= 11 is 0. The molecule has 6 nitrogen and oxygen atoms in total. The van der Waals surface area contributed by atoms with Crippen molar-refractivity contribution in [2.75, 3.05) is 7.11 Å². The molecule has 1 aromatic heterocycles. The molecule has 0 radical (unpaired) electrons. The largest absolute Gasteiger partial charge is 0.496 e. The van der Waals surface area contributed by atoms with Crippen LogP contribution in [0.2, 0.25) is 0 Å². The average molecular weight is 288 g/mol. The Bertz CT molecular complexity index is 750. The zero-order valence-corrected chi connectivity index (χ0v) is 12.1. The first-order valence-electron chi connectivity index (χ1n) is 6.37. The van der Waals surface area contributed by atoms with E-state index in [0.29, 0.717) is 22.8 Å². The number of ether oxygens (including phenoxy) is 1. The first-order chi connectivity index (χ1) is 9.92. The number of rotatable bonds is 4. The average Bonchev–Trinajstić information content (AvgIpc) is 2.42. The fraction of sp³-hybridized carbons (Fsp3) is 0.267. The van der Waals surface area contributed by atoms with Crippen LogP contribution in [0.15, 0.2) is 29.1 Å². The molecule has 0 saturated heterocycles. The van der Waals surface area contributed by atoms with E-state index in [0.717, 1.165) is 0 Å². The van der Waals surface area contributed by atoms with E-state index in [2.05, 4.69) is 4.98 Å². The van der Waals surface area contributed by atoms with E-state index in [1.165, 1.54) is 29.9 Å². The van der Waals surface area contributed by atoms with E-state index in [1.807, 2.05) is 0 Å². The molecule has 0 amide bonds. The van der Waals surface area contributed by atoms with Gasteiger partial charge in [0.05, 0.1) is 19.2 Å². The van der Waals surface area contributed by atoms with E-state index < -0.39 is 5.97 Å². The molecule has 0 unspecified atom stereocenters. The van der Waals surface area contributed by atoms with Gasteiger partial charge in [-0.25, -0.2) is 9.78 Å². The monoisotopic (exact) mass is 288 g/mol. The number of hydrogen-bond donors (Lipinski definition) is 1. The minimum Gasteiger partial charge on any atom is -0.496 e. The van der Waals surface area contributed by atoms with E-state index in [1.54, 1.807) is 19.9 Å². The Morgan fingerprint density at radius 1 is 1.33 bits per heavy atom. The number of aromatic carboxylic acids is 1. The Morgan fingerprint density at radius 2 is 2.05 bits per heavy atom. The SMILES string of the molecule is COc1ccc(C(=O)O)cc1Cn1c(C)nc(C)cc1=O. The summed E-state index contributed by atoms with van der Waals surface area (Å²) in [4.78, 5) is 27.4. The fourth-order valence-electron chi connectivity index (χ4n) is 2.16. The van der Waals surface area contributed by atoms with E-state index in [4.69, 9.17) is 9.84 Å². The summed E-state index contributed by atoms with van der Waals surface area (Å²) in [5.41, 5.74) is 1.24. The molecule has 2 rings (SSSR count). The van der Waals surface area contributed by atoms with Crippen LogP contribution in [0.3, 0.4) is 0 Å². The van der Waals surface area contributed by atoms with Crippen molar-refractivity contribution in [2.45, 2.75) is 20.4 Å². The predicted octanol–water partition coefficient (Wildman–Crippen LogP) is 1.62. The number of carboxylic acid groups (broad SMARTS) is 1. The molecule has 0 aliphatic rings. The topological polar surface area (TPSA) is 81.4 Å². The van der Waals surface area contributed by atoms with Crippen LogP contribution in [0.1, 0.15) is 27.4 Å². The number of benzene rings is 1. The summed E-state index contributed by atoms with van der Waals surface area (Å²) in [6.45, 7) is 3.70. The maximum absolute atomic E-state index is 12.0. The van der Waals surface area contributed by atoms with Gasteiger partial charge in [-0.05, 0) is 32.0 Å². The first kappa shape index (κ1) is 14.8. The van der Waals surface area contributed by atoms with Gasteiger partial charge in [-0.15, -0.1) is 0 Å². The van der Waals surface area contributed by atoms with Crippen LogP contribution >= 0.6 is 0 Å². The van der Waals surface area contributed by atoms with E-state index >= 15 is 0 Å². The van der Waals surface area contributed by atoms with Crippen molar-refractivity contribution in [1.82, 2.24) is 9.55 Å². The summed E-state index contributed by atoms with van der Waals surface area (Å²) < 4.78 is 6.71. The Kier molecular flexibility index (Phi) is 4.07. The van der Waals surface area contributed by atoms with Gasteiger partial charge in [0.15, 0.2) is 0 Å². The van der Waals surface area contributed by atoms with Gasteiger partial charge in [-0.1, -0.05) is 0 Å². The maximum Gasteiger partial charge on any atom is 0.335 e. The van der Waals surface area contributed by atoms with Gasteiger partial charge in [0, 0.05) is 17.3 Å². The molecule has 0 aliphatic carbocycles. The molecule has 21 heavy (non-hydrogen) atoms. The van der Waals surface area contributed by atoms with Crippen molar-refractivity contribution < 1.29 is 14.6 Å². The molecule has 0 spiro atoms. The standard InChI is InChI=1S/C15H16N2O4/c1-9-6-14(18)17(10(2)16-9)8-12-7-11(15(19)20)4-5-13(12)21-3/h4-7H,8H2,1-3H3,(H,19,20). The number of nitrogens with zero attached hydrogens (tertiary/aromatic N) is 2. The molecule has 110 valence electrons. The second-order valence-corrected chi connectivity index (χ2v) is 4.70. The molecular formula is C15H16N2O4. The number of aryl methyl sites for hydroxylation is 2. The fourth-order valence-corrected chi connectivity index (χ4v) is 2.16. The number of methoxy groups -OCH3 is 1. The van der Waals surface area contributed by atoms with Crippen LogP contribution < -0.4 is 10.3 Å². The van der Waals surface area contributed by atoms with Crippen molar-refractivity contribution in [1.29, 1.82) is 0 Å². The highest BCUT2D eigenvalue weighted by Crippen LogP contribution is 2.21. The molecule has 0 saturated carbocycles. The number of carbonyl (C=O) groups is 1. The highest BCUT2D eigenvalue weighted by molar-refractivity contribution is 5.88. The van der Waals surface area contributed by atoms with Crippen molar-refractivity contribution in [3.8, 4) is 5.75 Å². The van der Waals surface area contributed by atoms with Gasteiger partial charge in [-0.2, -0.15) is 0 Å². The summed E-state index contributed by atoms with van der Waals surface area (Å²) in [5.74, 6) is 0.0830. The Balaban J connectivity index is 2.50. The van der Waals surface area contributed by atoms with Gasteiger partial charge in [-0.3, -0.25) is 9.36 Å². The lowest BCUT2D eigenvalue weighted by molar-refractivity contribution is 0.0696. The molecule has 1 N–H and O–H groups in total. The molecule has 2 aromatic rings. The van der Waals surface area contributed by atoms with Crippen molar-refractivity contribution >= 4 is 5.97 Å². The van der Waals surface area contributed by atoms with Gasteiger partial charge in [0.2, 0.25) is 0 Å². The molecule has 0 aliphatic heterocycles. The quantitative estimate of drug-likeness (QED) is 0.924. The smallest absolute Gasteiger partial charge is 0.335 e. The zero-order chi connectivity index (χ0) is 15.6. The second kappa shape index (κ2) is 5.78. The molecular weight excluding hydrogens is 272 g/mol. The Morgan fingerprint density at radius 3 is 2.62 bits per heavy atom. The van der Waals surface area contributed by atoms with Gasteiger partial charge in [0.25, 0.3) is 5.56 Å². The molecule has 0 bridgehead atoms. The predicted molar refractivity (Wildman–Crippen MR) is 77.0 cm³/mol. The minimum atomic E-state index is -1.02. The van der Waals surface area contributed by atoms with Crippen molar-refractivity contribution in [2.24, 2.45) is 0 Å². The Hall–Kier alpha value is -2.63. The zero-order valence-electron chi connectivity index (χ0n) is 12.1. The van der Waals surface area contributed by atoms with Gasteiger partial charge < -0.3 is 9.84 Å². The van der Waals surface area contributed by atoms with Crippen LogP contribution in [-0.2, 0) is 6.54 Å². The molecule has 0 fully saturated rings. The summed E-state index contributed by atoms with van der Waals surface area (Å²) in [7, 11) is 1.50. The third-order valence-electron chi connectivity index (χ3n) is 3.18. The lowest BCUT2D eigenvalue weighted by atomic mass is 10.1. The first-order valence-corrected chi connectivity index (χ1v) is 6.37. The normalized spacial score (nSPS) is 10.4. The van der Waals surface area contributed by atoms with Crippen LogP contribution in [0.5, 0.6) is 5.75 Å². The maximum atomic E-state index is 12.0. The molecule has 0 atom stereocenters. The summed E-state index contributed by atoms with van der Waals surface area (Å²) in [5, 5.41) is 9.06. The molecule has 6 heteroatoms. The van der Waals surface area contributed by atoms with Crippen molar-refractivity contribution in [3.63, 3.8) is 0 Å². The highest BCUT2D eigenvalue weighted by Gasteiger charge is 2.11. The third-order valence-corrected chi connectivity index (χ3v) is 3.18. The van der Waals surface area contributed by atoms with E-state index in [9.17, 15) is 9.59 Å². The number of carboxylic acids is 1. The number of aromatic nitrogens is 2. The third kappa shape index (κ3) is 3.10. The Labute approximate surface area is 121 Å². The van der Waals surface area contributed by atoms with Crippen LogP contribution in [0, 0.1) is 13.8 Å². The van der Waals surface area contributed by atoms with Crippen LogP contribution in [0.25, 0.3) is 0 Å². The summed E-state index contributed by atoms with van der Waals surface area (Å²) in [6, 6.07) is 6.00. The highest BCUT2D eigenvalue weighted by atomic mass is 16.5. The van der Waals surface area contributed by atoms with Crippen molar-refractivity contribution in [3.05, 3.63) is 57.3 Å². The molecule has 1 aromatic carbocycles. The van der Waals surface area contributed by atoms with Crippen LogP contribution in [0.4, 0.5) is 0 Å². The lowest BCUT2D eigenvalue weighted by Crippen LogP contribution is -2.24.